The summed E-state index contributed by atoms with van der Waals surface area (Å²) in [7, 11) is 0. The molecule has 0 unspecified atom stereocenters. The van der Waals surface area contributed by atoms with E-state index in [-0.39, 0.29) is 18.3 Å². The van der Waals surface area contributed by atoms with Crippen molar-refractivity contribution >= 4 is 34.8 Å². The van der Waals surface area contributed by atoms with Crippen LogP contribution in [0.4, 0.5) is 5.13 Å². The van der Waals surface area contributed by atoms with Gasteiger partial charge < -0.3 is 5.32 Å². The first-order valence-electron chi connectivity index (χ1n) is 9.06. The predicted octanol–water partition coefficient (Wildman–Crippen LogP) is 2.77. The standard InChI is InChI=1S/C19H22N6OS.ClH/c1-14-3-5-15(6-4-14)13-16-23-24-18(27-16)22-17(26)19(7-10-20-11-8-19)25-12-2-9-21-25;/h2-6,9,12,20H,7-8,10-11,13H2,1H3,(H,22,24,26);1H. The van der Waals surface area contributed by atoms with E-state index < -0.39 is 5.54 Å². The fraction of sp³-hybridized carbons (Fsp3) is 0.368. The normalized spacial score (nSPS) is 15.6. The molecular formula is C19H23ClN6OS. The van der Waals surface area contributed by atoms with Crippen LogP contribution in [0.5, 0.6) is 0 Å². The maximum absolute atomic E-state index is 13.1. The van der Waals surface area contributed by atoms with Gasteiger partial charge in [0.05, 0.1) is 0 Å². The number of nitrogens with zero attached hydrogens (tertiary/aromatic N) is 4. The number of carbonyl (C=O) groups is 1. The molecule has 1 aromatic carbocycles. The van der Waals surface area contributed by atoms with Crippen LogP contribution < -0.4 is 10.6 Å². The minimum atomic E-state index is -0.683. The zero-order chi connectivity index (χ0) is 18.7. The van der Waals surface area contributed by atoms with E-state index >= 15 is 0 Å². The van der Waals surface area contributed by atoms with Crippen molar-refractivity contribution in [3.8, 4) is 0 Å². The molecule has 2 N–H and O–H groups in total. The van der Waals surface area contributed by atoms with E-state index in [2.05, 4.69) is 57.1 Å². The lowest BCUT2D eigenvalue weighted by molar-refractivity contribution is -0.126. The Labute approximate surface area is 174 Å². The van der Waals surface area contributed by atoms with Gasteiger partial charge in [0.1, 0.15) is 10.5 Å². The Bertz CT molecular complexity index is 903. The highest BCUT2D eigenvalue weighted by atomic mass is 35.5. The average Bonchev–Trinajstić information content (AvgIpc) is 3.37. The molecule has 9 heteroatoms. The molecule has 7 nitrogen and oxygen atoms in total. The molecule has 3 heterocycles. The molecule has 0 spiro atoms. The number of halogens is 1. The summed E-state index contributed by atoms with van der Waals surface area (Å²) in [5.41, 5.74) is 1.73. The van der Waals surface area contributed by atoms with Crippen molar-refractivity contribution in [3.05, 3.63) is 58.9 Å². The van der Waals surface area contributed by atoms with Crippen LogP contribution >= 0.6 is 23.7 Å². The highest BCUT2D eigenvalue weighted by Crippen LogP contribution is 2.29. The summed E-state index contributed by atoms with van der Waals surface area (Å²) in [4.78, 5) is 13.1. The van der Waals surface area contributed by atoms with Crippen LogP contribution in [0.1, 0.15) is 29.0 Å². The van der Waals surface area contributed by atoms with Crippen molar-refractivity contribution in [1.82, 2.24) is 25.3 Å². The van der Waals surface area contributed by atoms with Crippen LogP contribution in [0.3, 0.4) is 0 Å². The third-order valence-corrected chi connectivity index (χ3v) is 5.80. The van der Waals surface area contributed by atoms with E-state index in [0.717, 1.165) is 18.1 Å². The largest absolute Gasteiger partial charge is 0.317 e. The van der Waals surface area contributed by atoms with Gasteiger partial charge in [0.2, 0.25) is 5.13 Å². The molecule has 0 saturated carbocycles. The maximum Gasteiger partial charge on any atom is 0.254 e. The number of rotatable bonds is 5. The average molecular weight is 419 g/mol. The Balaban J connectivity index is 0.00000225. The first kappa shape index (κ1) is 20.4. The number of carbonyl (C=O) groups excluding carboxylic acids is 1. The van der Waals surface area contributed by atoms with E-state index in [1.165, 1.54) is 22.5 Å². The molecule has 0 bridgehead atoms. The van der Waals surface area contributed by atoms with Crippen LogP contribution in [0.25, 0.3) is 0 Å². The summed E-state index contributed by atoms with van der Waals surface area (Å²) < 4.78 is 1.78. The van der Waals surface area contributed by atoms with Gasteiger partial charge in [-0.15, -0.1) is 22.6 Å². The Hall–Kier alpha value is -2.29. The number of piperidine rings is 1. The van der Waals surface area contributed by atoms with Gasteiger partial charge >= 0.3 is 0 Å². The Morgan fingerprint density at radius 3 is 2.68 bits per heavy atom. The van der Waals surface area contributed by atoms with Crippen LogP contribution in [0.2, 0.25) is 0 Å². The van der Waals surface area contributed by atoms with Gasteiger partial charge in [0.25, 0.3) is 5.91 Å². The Kier molecular flexibility index (Phi) is 6.43. The SMILES string of the molecule is Cc1ccc(Cc2nnc(NC(=O)C3(n4cccn4)CCNCC3)s2)cc1.Cl. The second-order valence-corrected chi connectivity index (χ2v) is 7.91. The highest BCUT2D eigenvalue weighted by molar-refractivity contribution is 7.15. The van der Waals surface area contributed by atoms with Crippen LogP contribution in [0, 0.1) is 6.92 Å². The number of hydrogen-bond acceptors (Lipinski definition) is 6. The quantitative estimate of drug-likeness (QED) is 0.665. The molecule has 1 saturated heterocycles. The molecule has 0 aliphatic carbocycles. The van der Waals surface area contributed by atoms with Gasteiger partial charge in [-0.3, -0.25) is 14.8 Å². The molecule has 1 amide bonds. The fourth-order valence-corrected chi connectivity index (χ4v) is 4.16. The van der Waals surface area contributed by atoms with E-state index in [4.69, 9.17) is 0 Å². The molecule has 148 valence electrons. The first-order valence-corrected chi connectivity index (χ1v) is 9.88. The minimum absolute atomic E-state index is 0. The van der Waals surface area contributed by atoms with Crippen LogP contribution in [-0.4, -0.2) is 39.0 Å². The topological polar surface area (TPSA) is 84.7 Å². The van der Waals surface area contributed by atoms with Crippen molar-refractivity contribution in [2.45, 2.75) is 31.7 Å². The van der Waals surface area contributed by atoms with Crippen molar-refractivity contribution < 1.29 is 4.79 Å². The number of nitrogens with one attached hydrogen (secondary N) is 2. The van der Waals surface area contributed by atoms with Crippen LogP contribution in [-0.2, 0) is 16.8 Å². The maximum atomic E-state index is 13.1. The van der Waals surface area contributed by atoms with Gasteiger partial charge in [0.15, 0.2) is 0 Å². The van der Waals surface area contributed by atoms with E-state index in [9.17, 15) is 4.79 Å². The van der Waals surface area contributed by atoms with E-state index in [1.807, 2.05) is 12.3 Å². The molecule has 1 fully saturated rings. The van der Waals surface area contributed by atoms with Gasteiger partial charge in [-0.25, -0.2) is 0 Å². The molecule has 28 heavy (non-hydrogen) atoms. The number of aryl methyl sites for hydroxylation is 1. The number of hydrogen-bond donors (Lipinski definition) is 2. The fourth-order valence-electron chi connectivity index (χ4n) is 3.39. The molecule has 3 aromatic rings. The summed E-state index contributed by atoms with van der Waals surface area (Å²) in [6.45, 7) is 3.63. The molecule has 0 atom stereocenters. The summed E-state index contributed by atoms with van der Waals surface area (Å²) in [6, 6.07) is 10.2. The van der Waals surface area contributed by atoms with Gasteiger partial charge in [-0.2, -0.15) is 5.10 Å². The van der Waals surface area contributed by atoms with Gasteiger partial charge in [0, 0.05) is 18.8 Å². The van der Waals surface area contributed by atoms with Gasteiger partial charge in [-0.05, 0) is 44.5 Å². The molecule has 1 aliphatic heterocycles. The zero-order valence-electron chi connectivity index (χ0n) is 15.6. The van der Waals surface area contributed by atoms with Crippen molar-refractivity contribution in [3.63, 3.8) is 0 Å². The van der Waals surface area contributed by atoms with E-state index in [0.29, 0.717) is 24.4 Å². The Morgan fingerprint density at radius 1 is 1.25 bits per heavy atom. The number of benzene rings is 1. The van der Waals surface area contributed by atoms with Gasteiger partial charge in [-0.1, -0.05) is 41.2 Å². The first-order chi connectivity index (χ1) is 13.2. The lowest BCUT2D eigenvalue weighted by Gasteiger charge is -2.36. The van der Waals surface area contributed by atoms with Crippen LogP contribution in [0.15, 0.2) is 42.7 Å². The summed E-state index contributed by atoms with van der Waals surface area (Å²) >= 11 is 1.42. The molecule has 2 aromatic heterocycles. The Morgan fingerprint density at radius 2 is 2.00 bits per heavy atom. The molecule has 1 aliphatic rings. The smallest absolute Gasteiger partial charge is 0.254 e. The predicted molar refractivity (Wildman–Crippen MR) is 112 cm³/mol. The van der Waals surface area contributed by atoms with E-state index in [1.54, 1.807) is 10.9 Å². The molecule has 4 rings (SSSR count). The lowest BCUT2D eigenvalue weighted by Crippen LogP contribution is -2.52. The second kappa shape index (κ2) is 8.81. The third-order valence-electron chi connectivity index (χ3n) is 4.96. The third kappa shape index (κ3) is 4.24. The number of aromatic nitrogens is 4. The van der Waals surface area contributed by atoms with Crippen molar-refractivity contribution in [2.24, 2.45) is 0 Å². The number of anilines is 1. The lowest BCUT2D eigenvalue weighted by atomic mass is 9.87. The van der Waals surface area contributed by atoms with Crippen molar-refractivity contribution in [1.29, 1.82) is 0 Å². The monoisotopic (exact) mass is 418 g/mol. The number of amides is 1. The highest BCUT2D eigenvalue weighted by Gasteiger charge is 2.42. The molecular weight excluding hydrogens is 396 g/mol. The van der Waals surface area contributed by atoms with Crippen molar-refractivity contribution in [2.75, 3.05) is 18.4 Å². The second-order valence-electron chi connectivity index (χ2n) is 6.85. The zero-order valence-corrected chi connectivity index (χ0v) is 17.2. The summed E-state index contributed by atoms with van der Waals surface area (Å²) in [5, 5.41) is 20.4. The summed E-state index contributed by atoms with van der Waals surface area (Å²) in [5.74, 6) is -0.0780. The minimum Gasteiger partial charge on any atom is -0.317 e. The molecule has 0 radical (unpaired) electrons. The summed E-state index contributed by atoms with van der Waals surface area (Å²) in [6.07, 6.45) is 5.66.